The predicted molar refractivity (Wildman–Crippen MR) is 73.8 cm³/mol. The summed E-state index contributed by atoms with van der Waals surface area (Å²) in [4.78, 5) is 0. The van der Waals surface area contributed by atoms with Gasteiger partial charge in [0.15, 0.2) is 11.5 Å². The molecule has 0 aliphatic heterocycles. The quantitative estimate of drug-likeness (QED) is 0.783. The Morgan fingerprint density at radius 3 is 2.65 bits per heavy atom. The molecular formula is C13H13N3O3S. The third kappa shape index (κ3) is 3.03. The lowest BCUT2D eigenvalue weighted by Gasteiger charge is -2.07. The van der Waals surface area contributed by atoms with Crippen LogP contribution in [0.1, 0.15) is 6.92 Å². The highest BCUT2D eigenvalue weighted by Gasteiger charge is 2.14. The fourth-order valence-electron chi connectivity index (χ4n) is 1.52. The average molecular weight is 291 g/mol. The number of nitrogens with zero attached hydrogens (tertiary/aromatic N) is 3. The lowest BCUT2D eigenvalue weighted by molar-refractivity contribution is 0.355. The Morgan fingerprint density at radius 2 is 2.00 bits per heavy atom. The van der Waals surface area contributed by atoms with Crippen molar-refractivity contribution in [1.29, 1.82) is 5.26 Å². The normalized spacial score (nSPS) is 11.7. The Hall–Kier alpha value is -2.20. The summed E-state index contributed by atoms with van der Waals surface area (Å²) in [6.07, 6.45) is 0. The molecule has 0 aliphatic rings. The largest absolute Gasteiger partial charge is 0.493 e. The van der Waals surface area contributed by atoms with Crippen molar-refractivity contribution in [1.82, 2.24) is 10.2 Å². The molecule has 1 aromatic heterocycles. The van der Waals surface area contributed by atoms with Crippen molar-refractivity contribution in [2.45, 2.75) is 17.4 Å². The van der Waals surface area contributed by atoms with Crippen LogP contribution in [0.3, 0.4) is 0 Å². The molecule has 0 spiro atoms. The van der Waals surface area contributed by atoms with Crippen molar-refractivity contribution in [3.05, 3.63) is 18.2 Å². The van der Waals surface area contributed by atoms with E-state index in [4.69, 9.17) is 19.2 Å². The van der Waals surface area contributed by atoms with E-state index < -0.39 is 0 Å². The van der Waals surface area contributed by atoms with Gasteiger partial charge >= 0.3 is 0 Å². The molecule has 2 aromatic rings. The second-order valence-electron chi connectivity index (χ2n) is 3.83. The smallest absolute Gasteiger partial charge is 0.278 e. The van der Waals surface area contributed by atoms with Crippen molar-refractivity contribution < 1.29 is 13.9 Å². The molecule has 0 aliphatic carbocycles. The van der Waals surface area contributed by atoms with E-state index >= 15 is 0 Å². The zero-order valence-electron chi connectivity index (χ0n) is 11.3. The SMILES string of the molecule is COc1ccc(-c2nnc(S[C@@H](C)C#N)o2)cc1OC. The first kappa shape index (κ1) is 14.2. The van der Waals surface area contributed by atoms with Gasteiger partial charge in [0.05, 0.1) is 25.5 Å². The molecule has 0 saturated carbocycles. The van der Waals surface area contributed by atoms with Crippen LogP contribution in [0.5, 0.6) is 11.5 Å². The van der Waals surface area contributed by atoms with Crippen LogP contribution < -0.4 is 9.47 Å². The lowest BCUT2D eigenvalue weighted by atomic mass is 10.2. The molecule has 0 radical (unpaired) electrons. The molecule has 20 heavy (non-hydrogen) atoms. The molecule has 0 unspecified atom stereocenters. The van der Waals surface area contributed by atoms with Crippen LogP contribution in [0.15, 0.2) is 27.8 Å². The van der Waals surface area contributed by atoms with Crippen molar-refractivity contribution >= 4 is 11.8 Å². The third-order valence-corrected chi connectivity index (χ3v) is 3.32. The second-order valence-corrected chi connectivity index (χ2v) is 5.12. The fraction of sp³-hybridized carbons (Fsp3) is 0.308. The molecule has 0 saturated heterocycles. The third-order valence-electron chi connectivity index (χ3n) is 2.50. The monoisotopic (exact) mass is 291 g/mol. The van der Waals surface area contributed by atoms with Gasteiger partial charge in [-0.25, -0.2) is 0 Å². The number of ether oxygens (including phenoxy) is 2. The van der Waals surface area contributed by atoms with E-state index in [1.807, 2.05) is 0 Å². The van der Waals surface area contributed by atoms with Crippen LogP contribution in [0, 0.1) is 11.3 Å². The highest BCUT2D eigenvalue weighted by Crippen LogP contribution is 2.33. The van der Waals surface area contributed by atoms with Crippen LogP contribution in [0.25, 0.3) is 11.5 Å². The van der Waals surface area contributed by atoms with Crippen molar-refractivity contribution in [2.75, 3.05) is 14.2 Å². The van der Waals surface area contributed by atoms with Gasteiger partial charge in [-0.2, -0.15) is 5.26 Å². The van der Waals surface area contributed by atoms with Gasteiger partial charge in [0.1, 0.15) is 0 Å². The van der Waals surface area contributed by atoms with E-state index in [0.717, 1.165) is 5.56 Å². The molecule has 0 fully saturated rings. The van der Waals surface area contributed by atoms with Gasteiger partial charge in [-0.05, 0) is 36.9 Å². The van der Waals surface area contributed by atoms with Gasteiger partial charge in [0.2, 0.25) is 5.89 Å². The summed E-state index contributed by atoms with van der Waals surface area (Å²) < 4.78 is 15.9. The number of thioether (sulfide) groups is 1. The van der Waals surface area contributed by atoms with E-state index in [1.54, 1.807) is 39.3 Å². The van der Waals surface area contributed by atoms with Crippen LogP contribution in [-0.2, 0) is 0 Å². The Labute approximate surface area is 120 Å². The zero-order valence-corrected chi connectivity index (χ0v) is 12.1. The number of hydrogen-bond donors (Lipinski definition) is 0. The highest BCUT2D eigenvalue weighted by molar-refractivity contribution is 7.99. The topological polar surface area (TPSA) is 81.2 Å². The molecule has 7 heteroatoms. The van der Waals surface area contributed by atoms with Gasteiger partial charge in [-0.1, -0.05) is 0 Å². The molecule has 2 rings (SSSR count). The van der Waals surface area contributed by atoms with Crippen molar-refractivity contribution in [3.63, 3.8) is 0 Å². The van der Waals surface area contributed by atoms with Crippen LogP contribution in [0.2, 0.25) is 0 Å². The Balaban J connectivity index is 2.26. The Kier molecular flexibility index (Phi) is 4.48. The lowest BCUT2D eigenvalue weighted by Crippen LogP contribution is -1.90. The van der Waals surface area contributed by atoms with E-state index in [2.05, 4.69) is 16.3 Å². The maximum Gasteiger partial charge on any atom is 0.278 e. The molecule has 1 atom stereocenters. The van der Waals surface area contributed by atoms with Gasteiger partial charge in [0, 0.05) is 5.56 Å². The molecule has 0 bridgehead atoms. The average Bonchev–Trinajstić information content (AvgIpc) is 2.94. The molecular weight excluding hydrogens is 278 g/mol. The summed E-state index contributed by atoms with van der Waals surface area (Å²) in [5, 5.41) is 16.7. The zero-order chi connectivity index (χ0) is 14.5. The number of benzene rings is 1. The standard InChI is InChI=1S/C13H13N3O3S/c1-8(7-14)20-13-16-15-12(19-13)9-4-5-10(17-2)11(6-9)18-3/h4-6,8H,1-3H3/t8-/m0/s1. The summed E-state index contributed by atoms with van der Waals surface area (Å²) in [6.45, 7) is 1.77. The minimum atomic E-state index is -0.242. The second kappa shape index (κ2) is 6.30. The summed E-state index contributed by atoms with van der Waals surface area (Å²) in [5.74, 6) is 1.59. The first-order valence-electron chi connectivity index (χ1n) is 5.80. The van der Waals surface area contributed by atoms with Gasteiger partial charge in [-0.15, -0.1) is 10.2 Å². The summed E-state index contributed by atoms with van der Waals surface area (Å²) in [6, 6.07) is 7.42. The van der Waals surface area contributed by atoms with E-state index in [0.29, 0.717) is 22.6 Å². The Morgan fingerprint density at radius 1 is 1.25 bits per heavy atom. The molecule has 104 valence electrons. The number of nitriles is 1. The molecule has 1 aromatic carbocycles. The van der Waals surface area contributed by atoms with Gasteiger partial charge in [0.25, 0.3) is 5.22 Å². The van der Waals surface area contributed by atoms with E-state index in [9.17, 15) is 0 Å². The number of rotatable bonds is 5. The number of hydrogen-bond acceptors (Lipinski definition) is 7. The molecule has 0 N–H and O–H groups in total. The number of aromatic nitrogens is 2. The fourth-order valence-corrected chi connectivity index (χ4v) is 2.09. The first-order chi connectivity index (χ1) is 9.67. The molecule has 0 amide bonds. The maximum absolute atomic E-state index is 8.75. The van der Waals surface area contributed by atoms with Crippen LogP contribution in [-0.4, -0.2) is 29.7 Å². The van der Waals surface area contributed by atoms with Crippen LogP contribution >= 0.6 is 11.8 Å². The molecule has 6 nitrogen and oxygen atoms in total. The minimum Gasteiger partial charge on any atom is -0.493 e. The van der Waals surface area contributed by atoms with Gasteiger partial charge < -0.3 is 13.9 Å². The van der Waals surface area contributed by atoms with E-state index in [1.165, 1.54) is 11.8 Å². The first-order valence-corrected chi connectivity index (χ1v) is 6.68. The molecule has 1 heterocycles. The van der Waals surface area contributed by atoms with Crippen LogP contribution in [0.4, 0.5) is 0 Å². The highest BCUT2D eigenvalue weighted by atomic mass is 32.2. The van der Waals surface area contributed by atoms with Crippen molar-refractivity contribution in [3.8, 4) is 29.0 Å². The van der Waals surface area contributed by atoms with Crippen molar-refractivity contribution in [2.24, 2.45) is 0 Å². The van der Waals surface area contributed by atoms with E-state index in [-0.39, 0.29) is 5.25 Å². The maximum atomic E-state index is 8.75. The summed E-state index contributed by atoms with van der Waals surface area (Å²) in [5.41, 5.74) is 0.728. The minimum absolute atomic E-state index is 0.242. The Bertz CT molecular complexity index is 636. The summed E-state index contributed by atoms with van der Waals surface area (Å²) in [7, 11) is 3.13. The van der Waals surface area contributed by atoms with Gasteiger partial charge in [-0.3, -0.25) is 0 Å². The number of methoxy groups -OCH3 is 2. The summed E-state index contributed by atoms with van der Waals surface area (Å²) >= 11 is 1.22. The predicted octanol–water partition coefficient (Wildman–Crippen LogP) is 2.76.